The van der Waals surface area contributed by atoms with Crippen LogP contribution in [0, 0.1) is 0 Å². The average molecular weight is 247 g/mol. The molecule has 4 nitrogen and oxygen atoms in total. The monoisotopic (exact) mass is 247 g/mol. The molecule has 0 radical (unpaired) electrons. The number of nitrogens with one attached hydrogen (secondary N) is 1. The highest BCUT2D eigenvalue weighted by Crippen LogP contribution is 2.11. The van der Waals surface area contributed by atoms with E-state index in [4.69, 9.17) is 4.74 Å². The minimum Gasteiger partial charge on any atom is -0.462 e. The van der Waals surface area contributed by atoms with Gasteiger partial charge in [0.15, 0.2) is 0 Å². The van der Waals surface area contributed by atoms with Crippen LogP contribution in [0.1, 0.15) is 20.8 Å². The number of amides is 1. The van der Waals surface area contributed by atoms with Crippen LogP contribution in [0.25, 0.3) is 0 Å². The Morgan fingerprint density at radius 2 is 1.78 bits per heavy atom. The van der Waals surface area contributed by atoms with Crippen molar-refractivity contribution < 1.29 is 14.3 Å². The number of hydrogen-bond acceptors (Lipinski definition) is 3. The van der Waals surface area contributed by atoms with Gasteiger partial charge in [0.1, 0.15) is 5.57 Å². The summed E-state index contributed by atoms with van der Waals surface area (Å²) in [6, 6.07) is 8.98. The van der Waals surface area contributed by atoms with E-state index in [0.29, 0.717) is 11.3 Å². The fraction of sp³-hybridized carbons (Fsp3) is 0.286. The van der Waals surface area contributed by atoms with Crippen molar-refractivity contribution in [3.8, 4) is 0 Å². The van der Waals surface area contributed by atoms with Crippen LogP contribution < -0.4 is 5.32 Å². The molecule has 1 amide bonds. The van der Waals surface area contributed by atoms with Gasteiger partial charge in [-0.1, -0.05) is 23.8 Å². The van der Waals surface area contributed by atoms with Crippen LogP contribution in [0.2, 0.25) is 0 Å². The van der Waals surface area contributed by atoms with Crippen molar-refractivity contribution in [3.05, 3.63) is 41.5 Å². The molecule has 0 unspecified atom stereocenters. The van der Waals surface area contributed by atoms with Gasteiger partial charge in [0.25, 0.3) is 5.91 Å². The second-order valence-electron chi connectivity index (χ2n) is 3.92. The standard InChI is InChI=1S/C14H17NO3/c1-4-18-14(17)12(10(2)3)13(16)15-11-8-6-5-7-9-11/h5-9H,4H2,1-3H3,(H,15,16). The summed E-state index contributed by atoms with van der Waals surface area (Å²) in [5, 5.41) is 2.67. The number of carbonyl (C=O) groups is 2. The largest absolute Gasteiger partial charge is 0.462 e. The highest BCUT2D eigenvalue weighted by Gasteiger charge is 2.20. The molecule has 1 aromatic carbocycles. The van der Waals surface area contributed by atoms with E-state index < -0.39 is 11.9 Å². The Kier molecular flexibility index (Phi) is 5.11. The van der Waals surface area contributed by atoms with Crippen LogP contribution in [0.15, 0.2) is 41.5 Å². The molecule has 96 valence electrons. The van der Waals surface area contributed by atoms with E-state index in [2.05, 4.69) is 5.32 Å². The zero-order chi connectivity index (χ0) is 13.5. The van der Waals surface area contributed by atoms with Crippen molar-refractivity contribution in [1.29, 1.82) is 0 Å². The molecular weight excluding hydrogens is 230 g/mol. The first-order valence-corrected chi connectivity index (χ1v) is 5.77. The lowest BCUT2D eigenvalue weighted by Gasteiger charge is -2.09. The van der Waals surface area contributed by atoms with Crippen LogP contribution in [0.4, 0.5) is 5.69 Å². The molecule has 1 rings (SSSR count). The molecule has 0 bridgehead atoms. The molecule has 0 saturated heterocycles. The normalized spacial score (nSPS) is 9.50. The van der Waals surface area contributed by atoms with Gasteiger partial charge >= 0.3 is 5.97 Å². The summed E-state index contributed by atoms with van der Waals surface area (Å²) >= 11 is 0. The van der Waals surface area contributed by atoms with Crippen molar-refractivity contribution in [1.82, 2.24) is 0 Å². The lowest BCUT2D eigenvalue weighted by molar-refractivity contribution is -0.139. The van der Waals surface area contributed by atoms with Crippen molar-refractivity contribution in [2.75, 3.05) is 11.9 Å². The number of esters is 1. The lowest BCUT2D eigenvalue weighted by atomic mass is 10.1. The molecule has 0 heterocycles. The van der Waals surface area contributed by atoms with Crippen molar-refractivity contribution >= 4 is 17.6 Å². The highest BCUT2D eigenvalue weighted by atomic mass is 16.5. The third-order valence-electron chi connectivity index (χ3n) is 2.24. The van der Waals surface area contributed by atoms with E-state index in [1.165, 1.54) is 0 Å². The topological polar surface area (TPSA) is 55.4 Å². The van der Waals surface area contributed by atoms with E-state index in [-0.39, 0.29) is 12.2 Å². The molecule has 0 aliphatic heterocycles. The Hall–Kier alpha value is -2.10. The Bertz CT molecular complexity index is 459. The Morgan fingerprint density at radius 1 is 1.17 bits per heavy atom. The van der Waals surface area contributed by atoms with Gasteiger partial charge in [-0.2, -0.15) is 0 Å². The lowest BCUT2D eigenvalue weighted by Crippen LogP contribution is -2.23. The predicted molar refractivity (Wildman–Crippen MR) is 70.1 cm³/mol. The number of allylic oxidation sites excluding steroid dienone is 1. The van der Waals surface area contributed by atoms with E-state index in [0.717, 1.165) is 0 Å². The van der Waals surface area contributed by atoms with Gasteiger partial charge in [0.2, 0.25) is 0 Å². The van der Waals surface area contributed by atoms with E-state index in [9.17, 15) is 9.59 Å². The molecule has 0 aromatic heterocycles. The fourth-order valence-corrected chi connectivity index (χ4v) is 1.44. The second-order valence-corrected chi connectivity index (χ2v) is 3.92. The van der Waals surface area contributed by atoms with Gasteiger partial charge in [-0.3, -0.25) is 4.79 Å². The molecule has 0 fully saturated rings. The molecule has 0 aliphatic carbocycles. The SMILES string of the molecule is CCOC(=O)C(C(=O)Nc1ccccc1)=C(C)C. The van der Waals surface area contributed by atoms with Crippen LogP contribution in [0.5, 0.6) is 0 Å². The van der Waals surface area contributed by atoms with Gasteiger partial charge in [0.05, 0.1) is 6.61 Å². The quantitative estimate of drug-likeness (QED) is 0.385. The molecule has 0 saturated carbocycles. The number of hydrogen-bond donors (Lipinski definition) is 1. The Labute approximate surface area is 107 Å². The summed E-state index contributed by atoms with van der Waals surface area (Å²) in [7, 11) is 0. The maximum Gasteiger partial charge on any atom is 0.343 e. The van der Waals surface area contributed by atoms with Crippen LogP contribution >= 0.6 is 0 Å². The molecule has 0 atom stereocenters. The smallest absolute Gasteiger partial charge is 0.343 e. The third kappa shape index (κ3) is 3.73. The summed E-state index contributed by atoms with van der Waals surface area (Å²) in [6.45, 7) is 5.36. The third-order valence-corrected chi connectivity index (χ3v) is 2.24. The van der Waals surface area contributed by atoms with E-state index in [1.807, 2.05) is 18.2 Å². The molecule has 4 heteroatoms. The van der Waals surface area contributed by atoms with Gasteiger partial charge in [-0.25, -0.2) is 4.79 Å². The molecule has 0 spiro atoms. The zero-order valence-corrected chi connectivity index (χ0v) is 10.8. The molecular formula is C14H17NO3. The summed E-state index contributed by atoms with van der Waals surface area (Å²) in [4.78, 5) is 23.7. The molecule has 1 N–H and O–H groups in total. The summed E-state index contributed by atoms with van der Waals surface area (Å²) in [6.07, 6.45) is 0. The van der Waals surface area contributed by atoms with E-state index >= 15 is 0 Å². The van der Waals surface area contributed by atoms with Gasteiger partial charge in [-0.05, 0) is 32.9 Å². The second kappa shape index (κ2) is 6.59. The number of benzene rings is 1. The van der Waals surface area contributed by atoms with Crippen molar-refractivity contribution in [3.63, 3.8) is 0 Å². The Morgan fingerprint density at radius 3 is 2.28 bits per heavy atom. The minimum absolute atomic E-state index is 0.0562. The average Bonchev–Trinajstić information content (AvgIpc) is 2.30. The van der Waals surface area contributed by atoms with Crippen molar-refractivity contribution in [2.45, 2.75) is 20.8 Å². The minimum atomic E-state index is -0.592. The number of anilines is 1. The van der Waals surface area contributed by atoms with Crippen LogP contribution in [-0.2, 0) is 14.3 Å². The number of carbonyl (C=O) groups excluding carboxylic acids is 2. The predicted octanol–water partition coefficient (Wildman–Crippen LogP) is 2.52. The van der Waals surface area contributed by atoms with Crippen LogP contribution in [0.3, 0.4) is 0 Å². The summed E-state index contributed by atoms with van der Waals surface area (Å²) in [5.41, 5.74) is 1.33. The molecule has 1 aromatic rings. The van der Waals surface area contributed by atoms with E-state index in [1.54, 1.807) is 32.9 Å². The maximum atomic E-state index is 12.0. The first-order chi connectivity index (χ1) is 8.56. The van der Waals surface area contributed by atoms with Gasteiger partial charge < -0.3 is 10.1 Å². The summed E-state index contributed by atoms with van der Waals surface area (Å²) < 4.78 is 4.87. The first kappa shape index (κ1) is 14.0. The van der Waals surface area contributed by atoms with Gasteiger partial charge in [-0.15, -0.1) is 0 Å². The van der Waals surface area contributed by atoms with Crippen molar-refractivity contribution in [2.24, 2.45) is 0 Å². The Balaban J connectivity index is 2.86. The zero-order valence-electron chi connectivity index (χ0n) is 10.8. The highest BCUT2D eigenvalue weighted by molar-refractivity contribution is 6.21. The number of para-hydroxylation sites is 1. The number of ether oxygens (including phenoxy) is 1. The molecule has 0 aliphatic rings. The number of rotatable bonds is 4. The maximum absolute atomic E-state index is 12.0. The van der Waals surface area contributed by atoms with Gasteiger partial charge in [0, 0.05) is 5.69 Å². The first-order valence-electron chi connectivity index (χ1n) is 5.77. The fourth-order valence-electron chi connectivity index (χ4n) is 1.44. The summed E-state index contributed by atoms with van der Waals surface area (Å²) in [5.74, 6) is -1.04. The molecule has 18 heavy (non-hydrogen) atoms. The van der Waals surface area contributed by atoms with Crippen LogP contribution in [-0.4, -0.2) is 18.5 Å².